The maximum atomic E-state index is 12.2. The average molecular weight is 284 g/mol. The van der Waals surface area contributed by atoms with Crippen LogP contribution in [0.5, 0.6) is 0 Å². The highest BCUT2D eigenvalue weighted by atomic mass is 16.5. The van der Waals surface area contributed by atoms with Crippen LogP contribution in [-0.4, -0.2) is 5.97 Å². The Labute approximate surface area is 127 Å². The second-order valence-corrected chi connectivity index (χ2v) is 7.62. The van der Waals surface area contributed by atoms with E-state index >= 15 is 0 Å². The van der Waals surface area contributed by atoms with Crippen LogP contribution in [0.15, 0.2) is 35.6 Å². The quantitative estimate of drug-likeness (QED) is 0.592. The summed E-state index contributed by atoms with van der Waals surface area (Å²) in [6.07, 6.45) is 1.12. The summed E-state index contributed by atoms with van der Waals surface area (Å²) in [6.45, 7) is 9.80. The third-order valence-corrected chi connectivity index (χ3v) is 4.65. The molecular formula is C19H24O2. The molecule has 0 heterocycles. The van der Waals surface area contributed by atoms with E-state index in [0.29, 0.717) is 17.8 Å². The molecule has 1 saturated carbocycles. The van der Waals surface area contributed by atoms with Crippen LogP contribution >= 0.6 is 0 Å². The Morgan fingerprint density at radius 1 is 1.19 bits per heavy atom. The molecule has 3 atom stereocenters. The van der Waals surface area contributed by atoms with Crippen molar-refractivity contribution in [3.63, 3.8) is 0 Å². The molecule has 2 nitrogen and oxygen atoms in total. The number of benzene rings is 1. The summed E-state index contributed by atoms with van der Waals surface area (Å²) >= 11 is 0. The molecule has 0 bridgehead atoms. The van der Waals surface area contributed by atoms with Gasteiger partial charge < -0.3 is 4.74 Å². The van der Waals surface area contributed by atoms with Crippen LogP contribution in [0, 0.1) is 17.3 Å². The maximum absolute atomic E-state index is 12.2. The maximum Gasteiger partial charge on any atom is 0.316 e. The number of rotatable bonds is 2. The Bertz CT molecular complexity index is 615. The predicted molar refractivity (Wildman–Crippen MR) is 83.8 cm³/mol. The smallest absolute Gasteiger partial charge is 0.316 e. The Hall–Kier alpha value is -1.57. The van der Waals surface area contributed by atoms with Crippen molar-refractivity contribution in [1.29, 1.82) is 0 Å². The van der Waals surface area contributed by atoms with Crippen molar-refractivity contribution in [2.24, 2.45) is 17.3 Å². The lowest BCUT2D eigenvalue weighted by atomic mass is 9.96. The number of fused-ring (bicyclic) bond motifs is 3. The largest absolute Gasteiger partial charge is 0.430 e. The Morgan fingerprint density at radius 2 is 1.86 bits per heavy atom. The number of carbonyl (C=O) groups excluding carboxylic acids is 1. The zero-order valence-corrected chi connectivity index (χ0v) is 13.6. The van der Waals surface area contributed by atoms with Gasteiger partial charge in [0.25, 0.3) is 0 Å². The molecule has 1 aromatic rings. The first-order valence-electron chi connectivity index (χ1n) is 7.78. The van der Waals surface area contributed by atoms with E-state index in [9.17, 15) is 4.79 Å². The average Bonchev–Trinajstić information content (AvgIpc) is 2.94. The fourth-order valence-corrected chi connectivity index (χ4v) is 3.47. The van der Waals surface area contributed by atoms with Gasteiger partial charge in [0.15, 0.2) is 0 Å². The topological polar surface area (TPSA) is 26.3 Å². The Morgan fingerprint density at radius 3 is 2.48 bits per heavy atom. The molecule has 0 aliphatic heterocycles. The molecule has 1 fully saturated rings. The van der Waals surface area contributed by atoms with Crippen molar-refractivity contribution in [2.75, 3.05) is 0 Å². The zero-order chi connectivity index (χ0) is 15.4. The van der Waals surface area contributed by atoms with Crippen LogP contribution < -0.4 is 0 Å². The number of ether oxygens (including phenoxy) is 1. The van der Waals surface area contributed by atoms with Crippen LogP contribution in [0.2, 0.25) is 0 Å². The lowest BCUT2D eigenvalue weighted by molar-refractivity contribution is -0.149. The monoisotopic (exact) mass is 284 g/mol. The molecule has 1 aromatic carbocycles. The van der Waals surface area contributed by atoms with Gasteiger partial charge in [-0.05, 0) is 69.6 Å². The summed E-state index contributed by atoms with van der Waals surface area (Å²) in [6, 6.07) is 8.68. The number of hydrogen-bond donors (Lipinski definition) is 0. The number of hydrogen-bond acceptors (Lipinski definition) is 2. The molecule has 0 unspecified atom stereocenters. The van der Waals surface area contributed by atoms with Crippen molar-refractivity contribution in [3.05, 3.63) is 46.7 Å². The van der Waals surface area contributed by atoms with E-state index in [1.807, 2.05) is 34.6 Å². The lowest BCUT2D eigenvalue weighted by Gasteiger charge is -2.20. The van der Waals surface area contributed by atoms with Gasteiger partial charge in [0.05, 0.1) is 5.41 Å². The Balaban J connectivity index is 1.82. The highest BCUT2D eigenvalue weighted by molar-refractivity contribution is 5.76. The fraction of sp³-hybridized carbons (Fsp3) is 0.526. The third kappa shape index (κ3) is 2.41. The van der Waals surface area contributed by atoms with Gasteiger partial charge in [0, 0.05) is 5.92 Å². The van der Waals surface area contributed by atoms with Gasteiger partial charge in [-0.25, -0.2) is 0 Å². The van der Waals surface area contributed by atoms with E-state index in [-0.39, 0.29) is 5.97 Å². The normalized spacial score (nSPS) is 25.9. The van der Waals surface area contributed by atoms with Gasteiger partial charge in [0.2, 0.25) is 0 Å². The Kier molecular flexibility index (Phi) is 3.23. The van der Waals surface area contributed by atoms with Crippen molar-refractivity contribution < 1.29 is 9.53 Å². The van der Waals surface area contributed by atoms with Gasteiger partial charge in [-0.2, -0.15) is 0 Å². The first kappa shape index (κ1) is 14.4. The molecule has 3 rings (SSSR count). The van der Waals surface area contributed by atoms with Crippen LogP contribution in [0.4, 0.5) is 0 Å². The SMILES string of the molecule is CC(C)=C(OC(=O)C(C)(C)C)[C@@H]1[C@@H]2Cc3ccccc3[C@@H]21. The van der Waals surface area contributed by atoms with Crippen LogP contribution in [0.1, 0.15) is 51.7 Å². The summed E-state index contributed by atoms with van der Waals surface area (Å²) in [7, 11) is 0. The molecule has 2 aliphatic rings. The first-order chi connectivity index (χ1) is 9.80. The van der Waals surface area contributed by atoms with Gasteiger partial charge in [0.1, 0.15) is 5.76 Å². The van der Waals surface area contributed by atoms with Gasteiger partial charge in [-0.1, -0.05) is 24.3 Å². The zero-order valence-electron chi connectivity index (χ0n) is 13.6. The van der Waals surface area contributed by atoms with E-state index in [1.165, 1.54) is 11.1 Å². The summed E-state index contributed by atoms with van der Waals surface area (Å²) < 4.78 is 5.79. The molecule has 2 heteroatoms. The molecule has 112 valence electrons. The van der Waals surface area contributed by atoms with E-state index in [4.69, 9.17) is 4.74 Å². The van der Waals surface area contributed by atoms with E-state index in [0.717, 1.165) is 17.8 Å². The van der Waals surface area contributed by atoms with E-state index in [1.54, 1.807) is 0 Å². The lowest BCUT2D eigenvalue weighted by Crippen LogP contribution is -2.24. The van der Waals surface area contributed by atoms with Crippen molar-refractivity contribution >= 4 is 5.97 Å². The molecule has 0 spiro atoms. The van der Waals surface area contributed by atoms with Crippen LogP contribution in [-0.2, 0) is 16.0 Å². The summed E-state index contributed by atoms with van der Waals surface area (Å²) in [5.41, 5.74) is 3.60. The first-order valence-corrected chi connectivity index (χ1v) is 7.78. The van der Waals surface area contributed by atoms with Crippen LogP contribution in [0.3, 0.4) is 0 Å². The van der Waals surface area contributed by atoms with Crippen LogP contribution in [0.25, 0.3) is 0 Å². The van der Waals surface area contributed by atoms with E-state index < -0.39 is 5.41 Å². The molecule has 0 amide bonds. The third-order valence-electron chi connectivity index (χ3n) is 4.65. The molecule has 0 saturated heterocycles. The van der Waals surface area contributed by atoms with Crippen molar-refractivity contribution in [3.8, 4) is 0 Å². The van der Waals surface area contributed by atoms with Crippen molar-refractivity contribution in [1.82, 2.24) is 0 Å². The van der Waals surface area contributed by atoms with Gasteiger partial charge >= 0.3 is 5.97 Å². The van der Waals surface area contributed by atoms with Crippen molar-refractivity contribution in [2.45, 2.75) is 47.0 Å². The minimum Gasteiger partial charge on any atom is -0.430 e. The highest BCUT2D eigenvalue weighted by Gasteiger charge is 2.58. The minimum absolute atomic E-state index is 0.128. The number of allylic oxidation sites excluding steroid dienone is 2. The predicted octanol–water partition coefficient (Wildman–Crippen LogP) is 4.46. The standard InChI is InChI=1S/C19H24O2/c1-11(2)17(21-18(20)19(3,4)5)16-14-10-12-8-6-7-9-13(12)15(14)16/h6-9,14-16H,10H2,1-5H3/t14-,15+,16-/m1/s1. The number of carbonyl (C=O) groups is 1. The van der Waals surface area contributed by atoms with Gasteiger partial charge in [-0.3, -0.25) is 4.79 Å². The summed E-state index contributed by atoms with van der Waals surface area (Å²) in [5.74, 6) is 2.37. The molecule has 0 N–H and O–H groups in total. The molecular weight excluding hydrogens is 260 g/mol. The summed E-state index contributed by atoms with van der Waals surface area (Å²) in [5, 5.41) is 0. The second kappa shape index (κ2) is 4.72. The minimum atomic E-state index is -0.456. The summed E-state index contributed by atoms with van der Waals surface area (Å²) in [4.78, 5) is 12.2. The molecule has 2 aliphatic carbocycles. The molecule has 21 heavy (non-hydrogen) atoms. The second-order valence-electron chi connectivity index (χ2n) is 7.62. The molecule has 0 radical (unpaired) electrons. The van der Waals surface area contributed by atoms with E-state index in [2.05, 4.69) is 24.3 Å². The molecule has 0 aromatic heterocycles. The van der Waals surface area contributed by atoms with Gasteiger partial charge in [-0.15, -0.1) is 0 Å². The highest BCUT2D eigenvalue weighted by Crippen LogP contribution is 2.64. The fourth-order valence-electron chi connectivity index (χ4n) is 3.47. The number of esters is 1.